The van der Waals surface area contributed by atoms with E-state index < -0.39 is 0 Å². The average Bonchev–Trinajstić information content (AvgIpc) is 2.41. The molecular formula is C16H20N2O. The highest BCUT2D eigenvalue weighted by Crippen LogP contribution is 2.19. The summed E-state index contributed by atoms with van der Waals surface area (Å²) in [5.41, 5.74) is 3.29. The van der Waals surface area contributed by atoms with Crippen molar-refractivity contribution in [2.24, 2.45) is 0 Å². The van der Waals surface area contributed by atoms with E-state index in [0.29, 0.717) is 5.75 Å². The minimum Gasteiger partial charge on any atom is -0.508 e. The molecular weight excluding hydrogens is 236 g/mol. The van der Waals surface area contributed by atoms with Gasteiger partial charge in [-0.3, -0.25) is 4.98 Å². The maximum absolute atomic E-state index is 9.32. The first-order valence-electron chi connectivity index (χ1n) is 6.64. The lowest BCUT2D eigenvalue weighted by atomic mass is 10.0. The van der Waals surface area contributed by atoms with Crippen molar-refractivity contribution in [2.75, 3.05) is 6.54 Å². The number of aromatic nitrogens is 1. The number of aryl methyl sites for hydroxylation is 1. The van der Waals surface area contributed by atoms with Crippen LogP contribution >= 0.6 is 0 Å². The van der Waals surface area contributed by atoms with Crippen LogP contribution in [0.3, 0.4) is 0 Å². The molecule has 2 N–H and O–H groups in total. The number of likely N-dealkylation sites (N-methyl/N-ethyl adjacent to an activating group) is 1. The van der Waals surface area contributed by atoms with E-state index in [-0.39, 0.29) is 6.04 Å². The topological polar surface area (TPSA) is 45.1 Å². The van der Waals surface area contributed by atoms with Crippen molar-refractivity contribution < 1.29 is 5.11 Å². The standard InChI is InChI=1S/C16H20N2O/c1-3-17-16(15-6-4-5-12(2)18-15)11-13-7-9-14(19)10-8-13/h4-10,16-17,19H,3,11H2,1-2H3. The second kappa shape index (κ2) is 6.34. The van der Waals surface area contributed by atoms with Crippen molar-refractivity contribution in [1.82, 2.24) is 10.3 Å². The van der Waals surface area contributed by atoms with E-state index in [1.807, 2.05) is 31.2 Å². The number of phenolic OH excluding ortho intramolecular Hbond substituents is 1. The van der Waals surface area contributed by atoms with Crippen molar-refractivity contribution in [3.8, 4) is 5.75 Å². The maximum Gasteiger partial charge on any atom is 0.115 e. The van der Waals surface area contributed by atoms with E-state index in [4.69, 9.17) is 0 Å². The van der Waals surface area contributed by atoms with E-state index in [0.717, 1.165) is 24.4 Å². The van der Waals surface area contributed by atoms with Crippen LogP contribution in [0.15, 0.2) is 42.5 Å². The first-order chi connectivity index (χ1) is 9.19. The molecule has 3 nitrogen and oxygen atoms in total. The van der Waals surface area contributed by atoms with Crippen molar-refractivity contribution in [2.45, 2.75) is 26.3 Å². The van der Waals surface area contributed by atoms with E-state index in [9.17, 15) is 5.11 Å². The number of hydrogen-bond acceptors (Lipinski definition) is 3. The lowest BCUT2D eigenvalue weighted by Crippen LogP contribution is -2.24. The second-order valence-corrected chi connectivity index (χ2v) is 4.68. The van der Waals surface area contributed by atoms with Gasteiger partial charge in [-0.05, 0) is 49.7 Å². The summed E-state index contributed by atoms with van der Waals surface area (Å²) in [6, 6.07) is 13.7. The second-order valence-electron chi connectivity index (χ2n) is 4.68. The number of pyridine rings is 1. The molecule has 0 saturated heterocycles. The van der Waals surface area contributed by atoms with E-state index in [2.05, 4.69) is 23.3 Å². The SMILES string of the molecule is CCNC(Cc1ccc(O)cc1)c1cccc(C)n1. The van der Waals surface area contributed by atoms with Gasteiger partial charge in [0.2, 0.25) is 0 Å². The van der Waals surface area contributed by atoms with Gasteiger partial charge in [0, 0.05) is 5.69 Å². The molecule has 100 valence electrons. The fourth-order valence-corrected chi connectivity index (χ4v) is 2.15. The Bertz CT molecular complexity index is 523. The molecule has 19 heavy (non-hydrogen) atoms. The third kappa shape index (κ3) is 3.80. The zero-order chi connectivity index (χ0) is 13.7. The quantitative estimate of drug-likeness (QED) is 0.864. The summed E-state index contributed by atoms with van der Waals surface area (Å²) in [7, 11) is 0. The highest BCUT2D eigenvalue weighted by Gasteiger charge is 2.12. The summed E-state index contributed by atoms with van der Waals surface area (Å²) in [5.74, 6) is 0.303. The average molecular weight is 256 g/mol. The largest absolute Gasteiger partial charge is 0.508 e. The van der Waals surface area contributed by atoms with Gasteiger partial charge in [0.05, 0.1) is 11.7 Å². The van der Waals surface area contributed by atoms with Gasteiger partial charge >= 0.3 is 0 Å². The number of benzene rings is 1. The van der Waals surface area contributed by atoms with Crippen molar-refractivity contribution in [3.63, 3.8) is 0 Å². The molecule has 1 heterocycles. The fraction of sp³-hybridized carbons (Fsp3) is 0.312. The number of nitrogens with zero attached hydrogens (tertiary/aromatic N) is 1. The van der Waals surface area contributed by atoms with E-state index in [1.165, 1.54) is 5.56 Å². The normalized spacial score (nSPS) is 12.3. The fourth-order valence-electron chi connectivity index (χ4n) is 2.15. The van der Waals surface area contributed by atoms with Crippen LogP contribution in [-0.2, 0) is 6.42 Å². The molecule has 0 aliphatic rings. The van der Waals surface area contributed by atoms with Gasteiger partial charge in [0.25, 0.3) is 0 Å². The van der Waals surface area contributed by atoms with Gasteiger partial charge in [-0.1, -0.05) is 25.1 Å². The number of nitrogens with one attached hydrogen (secondary N) is 1. The molecule has 3 heteroatoms. The Labute approximate surface area is 114 Å². The van der Waals surface area contributed by atoms with Crippen molar-refractivity contribution >= 4 is 0 Å². The molecule has 0 saturated carbocycles. The predicted molar refractivity (Wildman–Crippen MR) is 77.2 cm³/mol. The first-order valence-corrected chi connectivity index (χ1v) is 6.64. The van der Waals surface area contributed by atoms with Crippen molar-refractivity contribution in [3.05, 3.63) is 59.4 Å². The lowest BCUT2D eigenvalue weighted by molar-refractivity contribution is 0.474. The third-order valence-electron chi connectivity index (χ3n) is 3.09. The molecule has 1 aromatic carbocycles. The Morgan fingerprint density at radius 2 is 1.89 bits per heavy atom. The molecule has 0 aliphatic carbocycles. The van der Waals surface area contributed by atoms with Gasteiger partial charge in [0.15, 0.2) is 0 Å². The molecule has 1 atom stereocenters. The molecule has 0 radical (unpaired) electrons. The molecule has 1 aromatic heterocycles. The van der Waals surface area contributed by atoms with Crippen LogP contribution in [0, 0.1) is 6.92 Å². The Hall–Kier alpha value is -1.87. The Kier molecular flexibility index (Phi) is 4.53. The molecule has 2 rings (SSSR count). The summed E-state index contributed by atoms with van der Waals surface area (Å²) in [6.07, 6.45) is 0.866. The minimum atomic E-state index is 0.203. The van der Waals surface area contributed by atoms with Gasteiger partial charge in [0.1, 0.15) is 5.75 Å². The Balaban J connectivity index is 2.18. The van der Waals surface area contributed by atoms with Crippen LogP contribution in [0.2, 0.25) is 0 Å². The molecule has 0 amide bonds. The zero-order valence-corrected chi connectivity index (χ0v) is 11.4. The van der Waals surface area contributed by atoms with Gasteiger partial charge < -0.3 is 10.4 Å². The van der Waals surface area contributed by atoms with Crippen LogP contribution in [0.4, 0.5) is 0 Å². The third-order valence-corrected chi connectivity index (χ3v) is 3.09. The van der Waals surface area contributed by atoms with Gasteiger partial charge in [-0.25, -0.2) is 0 Å². The summed E-state index contributed by atoms with van der Waals surface area (Å²) < 4.78 is 0. The molecule has 0 aliphatic heterocycles. The monoisotopic (exact) mass is 256 g/mol. The van der Waals surface area contributed by atoms with Crippen LogP contribution < -0.4 is 5.32 Å². The summed E-state index contributed by atoms with van der Waals surface area (Å²) in [4.78, 5) is 4.59. The highest BCUT2D eigenvalue weighted by molar-refractivity contribution is 5.27. The molecule has 0 fully saturated rings. The zero-order valence-electron chi connectivity index (χ0n) is 11.4. The number of phenols is 1. The minimum absolute atomic E-state index is 0.203. The van der Waals surface area contributed by atoms with Gasteiger partial charge in [-0.15, -0.1) is 0 Å². The predicted octanol–water partition coefficient (Wildman–Crippen LogP) is 2.99. The number of rotatable bonds is 5. The Morgan fingerprint density at radius 3 is 2.53 bits per heavy atom. The molecule has 2 aromatic rings. The van der Waals surface area contributed by atoms with Gasteiger partial charge in [-0.2, -0.15) is 0 Å². The number of aromatic hydroxyl groups is 1. The van der Waals surface area contributed by atoms with E-state index >= 15 is 0 Å². The summed E-state index contributed by atoms with van der Waals surface area (Å²) in [5, 5.41) is 12.8. The first kappa shape index (κ1) is 13.6. The van der Waals surface area contributed by atoms with Crippen LogP contribution in [0.5, 0.6) is 5.75 Å². The lowest BCUT2D eigenvalue weighted by Gasteiger charge is -2.18. The molecule has 0 spiro atoms. The maximum atomic E-state index is 9.32. The Morgan fingerprint density at radius 1 is 1.16 bits per heavy atom. The highest BCUT2D eigenvalue weighted by atomic mass is 16.3. The molecule has 1 unspecified atom stereocenters. The van der Waals surface area contributed by atoms with Crippen LogP contribution in [0.1, 0.15) is 29.9 Å². The molecule has 0 bridgehead atoms. The van der Waals surface area contributed by atoms with Crippen LogP contribution in [-0.4, -0.2) is 16.6 Å². The number of hydrogen-bond donors (Lipinski definition) is 2. The summed E-state index contributed by atoms with van der Waals surface area (Å²) >= 11 is 0. The van der Waals surface area contributed by atoms with E-state index in [1.54, 1.807) is 12.1 Å². The van der Waals surface area contributed by atoms with Crippen LogP contribution in [0.25, 0.3) is 0 Å². The smallest absolute Gasteiger partial charge is 0.115 e. The van der Waals surface area contributed by atoms with Crippen molar-refractivity contribution in [1.29, 1.82) is 0 Å². The summed E-state index contributed by atoms with van der Waals surface area (Å²) in [6.45, 7) is 5.01.